The second-order valence-electron chi connectivity index (χ2n) is 3.77. The van der Waals surface area contributed by atoms with Crippen molar-refractivity contribution in [2.24, 2.45) is 5.92 Å². The maximum absolute atomic E-state index is 9.37. The zero-order chi connectivity index (χ0) is 10.4. The highest BCUT2D eigenvalue weighted by Gasteiger charge is 2.12. The van der Waals surface area contributed by atoms with Gasteiger partial charge in [0.05, 0.1) is 13.2 Å². The van der Waals surface area contributed by atoms with Crippen LogP contribution in [0.2, 0.25) is 0 Å². The van der Waals surface area contributed by atoms with E-state index in [-0.39, 0.29) is 6.61 Å². The molecule has 0 bridgehead atoms. The van der Waals surface area contributed by atoms with Crippen LogP contribution in [-0.4, -0.2) is 29.5 Å². The zero-order valence-corrected chi connectivity index (χ0v) is 8.87. The molecule has 78 valence electrons. The van der Waals surface area contributed by atoms with Crippen molar-refractivity contribution in [2.75, 3.05) is 13.2 Å². The monoisotopic (exact) mass is 188 g/mol. The van der Waals surface area contributed by atoms with E-state index in [4.69, 9.17) is 9.84 Å². The molecule has 1 atom stereocenters. The number of aliphatic hydroxyl groups is 2. The fraction of sp³-hybridized carbons (Fsp3) is 0.800. The van der Waals surface area contributed by atoms with Gasteiger partial charge in [0.2, 0.25) is 0 Å². The summed E-state index contributed by atoms with van der Waals surface area (Å²) in [6.07, 6.45) is -0.885. The lowest BCUT2D eigenvalue weighted by molar-refractivity contribution is 0.0498. The van der Waals surface area contributed by atoms with Crippen molar-refractivity contribution in [3.05, 3.63) is 11.3 Å². The van der Waals surface area contributed by atoms with E-state index in [9.17, 15) is 5.11 Å². The third kappa shape index (κ3) is 4.90. The minimum Gasteiger partial charge on any atom is -0.495 e. The van der Waals surface area contributed by atoms with E-state index in [1.54, 1.807) is 0 Å². The first-order valence-electron chi connectivity index (χ1n) is 4.58. The van der Waals surface area contributed by atoms with Crippen LogP contribution < -0.4 is 0 Å². The molecule has 1 unspecified atom stereocenters. The maximum atomic E-state index is 9.37. The van der Waals surface area contributed by atoms with E-state index < -0.39 is 6.10 Å². The molecule has 0 saturated carbocycles. The van der Waals surface area contributed by atoms with Crippen LogP contribution in [0.4, 0.5) is 0 Å². The second-order valence-corrected chi connectivity index (χ2v) is 3.77. The minimum atomic E-state index is -0.885. The molecule has 0 amide bonds. The molecule has 0 aliphatic carbocycles. The fourth-order valence-corrected chi connectivity index (χ4v) is 0.913. The quantitative estimate of drug-likeness (QED) is 0.639. The molecule has 0 saturated heterocycles. The predicted octanol–water partition coefficient (Wildman–Crippen LogP) is 1.31. The molecular formula is C10H20O3. The summed E-state index contributed by atoms with van der Waals surface area (Å²) >= 11 is 0. The lowest BCUT2D eigenvalue weighted by Gasteiger charge is -2.17. The highest BCUT2D eigenvalue weighted by atomic mass is 16.5. The number of rotatable bonds is 5. The molecule has 0 aromatic carbocycles. The summed E-state index contributed by atoms with van der Waals surface area (Å²) in [7, 11) is 0. The molecule has 3 nitrogen and oxygen atoms in total. The van der Waals surface area contributed by atoms with Crippen molar-refractivity contribution in [1.29, 1.82) is 0 Å². The van der Waals surface area contributed by atoms with Gasteiger partial charge in [0.1, 0.15) is 11.9 Å². The van der Waals surface area contributed by atoms with Crippen molar-refractivity contribution in [1.82, 2.24) is 0 Å². The van der Waals surface area contributed by atoms with Gasteiger partial charge < -0.3 is 14.9 Å². The zero-order valence-electron chi connectivity index (χ0n) is 8.87. The molecule has 13 heavy (non-hydrogen) atoms. The van der Waals surface area contributed by atoms with Gasteiger partial charge >= 0.3 is 0 Å². The van der Waals surface area contributed by atoms with E-state index >= 15 is 0 Å². The molecule has 0 aliphatic heterocycles. The Morgan fingerprint density at radius 1 is 1.31 bits per heavy atom. The molecule has 0 aliphatic rings. The van der Waals surface area contributed by atoms with Gasteiger partial charge in [-0.2, -0.15) is 0 Å². The second kappa shape index (κ2) is 6.00. The van der Waals surface area contributed by atoms with Gasteiger partial charge in [-0.25, -0.2) is 0 Å². The Morgan fingerprint density at radius 3 is 2.15 bits per heavy atom. The number of hydrogen-bond acceptors (Lipinski definition) is 3. The van der Waals surface area contributed by atoms with Crippen molar-refractivity contribution < 1.29 is 14.9 Å². The van der Waals surface area contributed by atoms with Crippen LogP contribution in [0.3, 0.4) is 0 Å². The predicted molar refractivity (Wildman–Crippen MR) is 52.3 cm³/mol. The Hall–Kier alpha value is -0.540. The van der Waals surface area contributed by atoms with E-state index in [2.05, 4.69) is 0 Å². The van der Waals surface area contributed by atoms with E-state index in [1.165, 1.54) is 0 Å². The van der Waals surface area contributed by atoms with E-state index in [0.717, 1.165) is 5.57 Å². The Balaban J connectivity index is 4.21. The van der Waals surface area contributed by atoms with Gasteiger partial charge in [-0.1, -0.05) is 13.8 Å². The van der Waals surface area contributed by atoms with Crippen molar-refractivity contribution in [2.45, 2.75) is 33.8 Å². The molecule has 0 aromatic rings. The molecule has 0 aromatic heterocycles. The Bertz CT molecular complexity index is 169. The average molecular weight is 188 g/mol. The smallest absolute Gasteiger partial charge is 0.134 e. The summed E-state index contributed by atoms with van der Waals surface area (Å²) in [6, 6.07) is 0. The Morgan fingerprint density at radius 2 is 1.85 bits per heavy atom. The SMILES string of the molecule is CC(C)=C(OCC(C)C)C(O)CO. The highest BCUT2D eigenvalue weighted by molar-refractivity contribution is 5.07. The van der Waals surface area contributed by atoms with Crippen LogP contribution in [0.15, 0.2) is 11.3 Å². The summed E-state index contributed by atoms with van der Waals surface area (Å²) < 4.78 is 5.39. The summed E-state index contributed by atoms with van der Waals surface area (Å²) in [5.41, 5.74) is 0.905. The average Bonchev–Trinajstić information content (AvgIpc) is 2.03. The first-order chi connectivity index (χ1) is 5.99. The number of hydrogen-bond donors (Lipinski definition) is 2. The fourth-order valence-electron chi connectivity index (χ4n) is 0.913. The van der Waals surface area contributed by atoms with Crippen molar-refractivity contribution in [3.8, 4) is 0 Å². The summed E-state index contributed by atoms with van der Waals surface area (Å²) in [4.78, 5) is 0. The standard InChI is InChI=1S/C10H20O3/c1-7(2)6-13-10(8(3)4)9(12)5-11/h7,9,11-12H,5-6H2,1-4H3. The van der Waals surface area contributed by atoms with Gasteiger partial charge in [-0.15, -0.1) is 0 Å². The number of ether oxygens (including phenoxy) is 1. The van der Waals surface area contributed by atoms with Gasteiger partial charge in [0.15, 0.2) is 0 Å². The molecule has 0 rings (SSSR count). The highest BCUT2D eigenvalue weighted by Crippen LogP contribution is 2.11. The molecule has 0 fully saturated rings. The molecule has 0 heterocycles. The van der Waals surface area contributed by atoms with Crippen molar-refractivity contribution in [3.63, 3.8) is 0 Å². The lowest BCUT2D eigenvalue weighted by Crippen LogP contribution is -2.20. The van der Waals surface area contributed by atoms with Gasteiger partial charge in [-0.3, -0.25) is 0 Å². The Labute approximate surface area is 80.0 Å². The molecule has 0 spiro atoms. The number of allylic oxidation sites excluding steroid dienone is 1. The van der Waals surface area contributed by atoms with Crippen LogP contribution in [0, 0.1) is 5.92 Å². The molecule has 2 N–H and O–H groups in total. The van der Waals surface area contributed by atoms with Crippen LogP contribution in [0.25, 0.3) is 0 Å². The van der Waals surface area contributed by atoms with Crippen LogP contribution in [0.5, 0.6) is 0 Å². The van der Waals surface area contributed by atoms with Gasteiger partial charge in [0, 0.05) is 0 Å². The summed E-state index contributed by atoms with van der Waals surface area (Å²) in [6.45, 7) is 8.06. The topological polar surface area (TPSA) is 49.7 Å². The van der Waals surface area contributed by atoms with Gasteiger partial charge in [-0.05, 0) is 25.3 Å². The summed E-state index contributed by atoms with van der Waals surface area (Å²) in [5, 5.41) is 18.1. The maximum Gasteiger partial charge on any atom is 0.134 e. The summed E-state index contributed by atoms with van der Waals surface area (Å²) in [5.74, 6) is 0.913. The van der Waals surface area contributed by atoms with E-state index in [0.29, 0.717) is 18.3 Å². The number of aliphatic hydroxyl groups excluding tert-OH is 2. The molecule has 0 radical (unpaired) electrons. The first kappa shape index (κ1) is 12.5. The van der Waals surface area contributed by atoms with Crippen LogP contribution in [0.1, 0.15) is 27.7 Å². The molecule has 3 heteroatoms. The largest absolute Gasteiger partial charge is 0.495 e. The molecular weight excluding hydrogens is 168 g/mol. The van der Waals surface area contributed by atoms with Crippen LogP contribution >= 0.6 is 0 Å². The van der Waals surface area contributed by atoms with Gasteiger partial charge in [0.25, 0.3) is 0 Å². The van der Waals surface area contributed by atoms with Crippen LogP contribution in [-0.2, 0) is 4.74 Å². The lowest BCUT2D eigenvalue weighted by atomic mass is 10.2. The van der Waals surface area contributed by atoms with Crippen molar-refractivity contribution >= 4 is 0 Å². The third-order valence-electron chi connectivity index (χ3n) is 1.54. The Kier molecular flexibility index (Phi) is 5.75. The minimum absolute atomic E-state index is 0.293. The van der Waals surface area contributed by atoms with E-state index in [1.807, 2.05) is 27.7 Å². The normalized spacial score (nSPS) is 12.8. The third-order valence-corrected chi connectivity index (χ3v) is 1.54. The first-order valence-corrected chi connectivity index (χ1v) is 4.58.